The fraction of sp³-hybridized carbons (Fsp3) is 0.304. The molecular weight excluding hydrogens is 430 g/mol. The van der Waals surface area contributed by atoms with Crippen molar-refractivity contribution < 1.29 is 33.8 Å². The molecule has 0 unspecified atom stereocenters. The van der Waals surface area contributed by atoms with Crippen molar-refractivity contribution in [1.29, 1.82) is 0 Å². The number of alkyl carbamates (subject to hydrolysis) is 1. The van der Waals surface area contributed by atoms with Crippen molar-refractivity contribution in [2.45, 2.75) is 5.92 Å². The number of benzene rings is 2. The van der Waals surface area contributed by atoms with Gasteiger partial charge in [0.1, 0.15) is 19.8 Å². The quantitative estimate of drug-likeness (QED) is 0.368. The zero-order valence-corrected chi connectivity index (χ0v) is 17.8. The van der Waals surface area contributed by atoms with Gasteiger partial charge in [-0.05, 0) is 22.3 Å². The molecular formula is C23H25N3O7. The van der Waals surface area contributed by atoms with Crippen LogP contribution in [0.15, 0.2) is 48.5 Å². The Hall–Kier alpha value is -3.92. The minimum atomic E-state index is -1.10. The molecule has 0 heterocycles. The number of hydrogen-bond donors (Lipinski definition) is 4. The first-order valence-corrected chi connectivity index (χ1v) is 10.4. The Bertz CT molecular complexity index is 979. The zero-order valence-electron chi connectivity index (χ0n) is 17.8. The van der Waals surface area contributed by atoms with Crippen LogP contribution in [-0.4, -0.2) is 68.4 Å². The smallest absolute Gasteiger partial charge is 0.407 e. The Morgan fingerprint density at radius 1 is 0.818 bits per heavy atom. The molecule has 4 N–H and O–H groups in total. The number of aliphatic carboxylic acids is 1. The maximum atomic E-state index is 12.1. The lowest BCUT2D eigenvalue weighted by Crippen LogP contribution is -2.42. The number of amides is 3. The lowest BCUT2D eigenvalue weighted by atomic mass is 9.98. The van der Waals surface area contributed by atoms with Gasteiger partial charge in [0.2, 0.25) is 11.8 Å². The lowest BCUT2D eigenvalue weighted by molar-refractivity contribution is -0.142. The monoisotopic (exact) mass is 455 g/mol. The van der Waals surface area contributed by atoms with Gasteiger partial charge in [-0.25, -0.2) is 9.59 Å². The van der Waals surface area contributed by atoms with E-state index in [0.29, 0.717) is 0 Å². The van der Waals surface area contributed by atoms with Gasteiger partial charge in [-0.1, -0.05) is 48.5 Å². The fourth-order valence-electron chi connectivity index (χ4n) is 3.53. The van der Waals surface area contributed by atoms with Crippen LogP contribution < -0.4 is 16.0 Å². The largest absolute Gasteiger partial charge is 0.480 e. The van der Waals surface area contributed by atoms with Crippen LogP contribution in [0.1, 0.15) is 17.0 Å². The average molecular weight is 455 g/mol. The van der Waals surface area contributed by atoms with E-state index in [9.17, 15) is 19.2 Å². The van der Waals surface area contributed by atoms with Crippen molar-refractivity contribution in [3.63, 3.8) is 0 Å². The summed E-state index contributed by atoms with van der Waals surface area (Å²) in [7, 11) is 0. The first kappa shape index (κ1) is 23.7. The van der Waals surface area contributed by atoms with Crippen molar-refractivity contribution in [2.24, 2.45) is 0 Å². The average Bonchev–Trinajstić information content (AvgIpc) is 3.13. The van der Waals surface area contributed by atoms with Crippen molar-refractivity contribution in [3.8, 4) is 11.1 Å². The van der Waals surface area contributed by atoms with E-state index < -0.39 is 30.5 Å². The molecule has 0 aliphatic heterocycles. The summed E-state index contributed by atoms with van der Waals surface area (Å²) in [6.45, 7) is -0.799. The molecule has 10 nitrogen and oxygen atoms in total. The normalized spacial score (nSPS) is 11.8. The van der Waals surface area contributed by atoms with Crippen LogP contribution in [0.4, 0.5) is 4.79 Å². The summed E-state index contributed by atoms with van der Waals surface area (Å²) in [4.78, 5) is 45.8. The maximum Gasteiger partial charge on any atom is 0.407 e. The number of carboxylic acid groups (broad SMARTS) is 1. The molecule has 0 aromatic heterocycles. The third-order valence-corrected chi connectivity index (χ3v) is 4.98. The highest BCUT2D eigenvalue weighted by molar-refractivity contribution is 5.87. The molecule has 1 aliphatic carbocycles. The Labute approximate surface area is 190 Å². The molecule has 0 atom stereocenters. The third-order valence-electron chi connectivity index (χ3n) is 4.98. The third kappa shape index (κ3) is 6.78. The molecule has 33 heavy (non-hydrogen) atoms. The molecule has 0 spiro atoms. The lowest BCUT2D eigenvalue weighted by Gasteiger charge is -2.14. The van der Waals surface area contributed by atoms with Gasteiger partial charge in [-0.2, -0.15) is 0 Å². The van der Waals surface area contributed by atoms with Crippen molar-refractivity contribution in [1.82, 2.24) is 16.0 Å². The molecule has 3 rings (SSSR count). The van der Waals surface area contributed by atoms with Crippen LogP contribution in [0.5, 0.6) is 0 Å². The molecule has 1 aliphatic rings. The fourth-order valence-corrected chi connectivity index (χ4v) is 3.53. The molecule has 0 saturated heterocycles. The van der Waals surface area contributed by atoms with E-state index in [1.54, 1.807) is 0 Å². The zero-order chi connectivity index (χ0) is 23.6. The predicted molar refractivity (Wildman–Crippen MR) is 118 cm³/mol. The van der Waals surface area contributed by atoms with E-state index in [4.69, 9.17) is 14.6 Å². The second-order valence-electron chi connectivity index (χ2n) is 7.25. The molecule has 0 bridgehead atoms. The number of hydrogen-bond acceptors (Lipinski definition) is 6. The molecule has 174 valence electrons. The number of nitrogens with one attached hydrogen (secondary N) is 3. The Morgan fingerprint density at radius 2 is 1.39 bits per heavy atom. The topological polar surface area (TPSA) is 143 Å². The number of carbonyl (C=O) groups is 4. The van der Waals surface area contributed by atoms with Gasteiger partial charge in [-0.3, -0.25) is 9.59 Å². The van der Waals surface area contributed by atoms with Gasteiger partial charge >= 0.3 is 12.1 Å². The summed E-state index contributed by atoms with van der Waals surface area (Å²) in [5, 5.41) is 15.6. The molecule has 0 fully saturated rings. The van der Waals surface area contributed by atoms with Crippen LogP contribution in [0.2, 0.25) is 0 Å². The number of carboxylic acids is 1. The van der Waals surface area contributed by atoms with Crippen LogP contribution >= 0.6 is 0 Å². The highest BCUT2D eigenvalue weighted by atomic mass is 16.5. The number of carbonyl (C=O) groups excluding carboxylic acids is 3. The van der Waals surface area contributed by atoms with Gasteiger partial charge in [0.15, 0.2) is 0 Å². The van der Waals surface area contributed by atoms with E-state index in [-0.39, 0.29) is 38.8 Å². The molecule has 3 amide bonds. The second kappa shape index (κ2) is 11.6. The van der Waals surface area contributed by atoms with Crippen molar-refractivity contribution in [3.05, 3.63) is 59.7 Å². The van der Waals surface area contributed by atoms with Crippen LogP contribution in [0.25, 0.3) is 11.1 Å². The summed E-state index contributed by atoms with van der Waals surface area (Å²) < 4.78 is 10.1. The van der Waals surface area contributed by atoms with E-state index >= 15 is 0 Å². The number of ether oxygens (including phenoxy) is 2. The van der Waals surface area contributed by atoms with Gasteiger partial charge < -0.3 is 30.5 Å². The van der Waals surface area contributed by atoms with Gasteiger partial charge in [0.05, 0.1) is 13.2 Å². The van der Waals surface area contributed by atoms with E-state index in [0.717, 1.165) is 22.3 Å². The van der Waals surface area contributed by atoms with Gasteiger partial charge in [0, 0.05) is 12.5 Å². The Morgan fingerprint density at radius 3 is 2.03 bits per heavy atom. The minimum Gasteiger partial charge on any atom is -0.480 e. The highest BCUT2D eigenvalue weighted by Gasteiger charge is 2.29. The summed E-state index contributed by atoms with van der Waals surface area (Å²) >= 11 is 0. The summed E-state index contributed by atoms with van der Waals surface area (Å²) in [5.41, 5.74) is 4.41. The van der Waals surface area contributed by atoms with Gasteiger partial charge in [-0.15, -0.1) is 0 Å². The second-order valence-corrected chi connectivity index (χ2v) is 7.25. The summed E-state index contributed by atoms with van der Waals surface area (Å²) in [6.07, 6.45) is -0.730. The SMILES string of the molecule is O=C(O)COCCNC(=O)CNC(=O)CNC(=O)OCC1c2ccccc2-c2ccccc21. The van der Waals surface area contributed by atoms with Crippen LogP contribution in [0.3, 0.4) is 0 Å². The van der Waals surface area contributed by atoms with Crippen LogP contribution in [0, 0.1) is 0 Å². The summed E-state index contributed by atoms with van der Waals surface area (Å²) in [6, 6.07) is 15.9. The minimum absolute atomic E-state index is 0.0370. The van der Waals surface area contributed by atoms with Gasteiger partial charge in [0.25, 0.3) is 0 Å². The van der Waals surface area contributed by atoms with Crippen LogP contribution in [-0.2, 0) is 23.9 Å². The maximum absolute atomic E-state index is 12.1. The highest BCUT2D eigenvalue weighted by Crippen LogP contribution is 2.44. The van der Waals surface area contributed by atoms with Crippen molar-refractivity contribution in [2.75, 3.05) is 39.5 Å². The van der Waals surface area contributed by atoms with E-state index in [1.807, 2.05) is 48.5 Å². The Balaban J connectivity index is 1.35. The van der Waals surface area contributed by atoms with E-state index in [1.165, 1.54) is 0 Å². The first-order chi connectivity index (χ1) is 16.0. The molecule has 2 aromatic rings. The standard InChI is InChI=1S/C23H25N3O7/c27-20(24-9-10-32-14-22(29)30)11-25-21(28)12-26-23(31)33-13-19-17-7-3-1-5-15(17)16-6-2-4-8-18(16)19/h1-8,19H,9-14H2,(H,24,27)(H,25,28)(H,26,31)(H,29,30). The number of fused-ring (bicyclic) bond motifs is 3. The predicted octanol–water partition coefficient (Wildman–Crippen LogP) is 0.859. The molecule has 0 saturated carbocycles. The molecule has 0 radical (unpaired) electrons. The Kier molecular flexibility index (Phi) is 8.36. The molecule has 2 aromatic carbocycles. The van der Waals surface area contributed by atoms with Crippen molar-refractivity contribution >= 4 is 23.9 Å². The summed E-state index contributed by atoms with van der Waals surface area (Å²) in [5.74, 6) is -2.21. The number of rotatable bonds is 11. The van der Waals surface area contributed by atoms with E-state index in [2.05, 4.69) is 16.0 Å². The first-order valence-electron chi connectivity index (χ1n) is 10.4. The molecule has 10 heteroatoms.